The molecule has 0 aromatic carbocycles. The zero-order valence-corrected chi connectivity index (χ0v) is 9.40. The molecule has 1 heterocycles. The van der Waals surface area contributed by atoms with E-state index < -0.39 is 0 Å². The summed E-state index contributed by atoms with van der Waals surface area (Å²) in [4.78, 5) is 0. The molecule has 0 bridgehead atoms. The van der Waals surface area contributed by atoms with Crippen LogP contribution >= 0.6 is 0 Å². The van der Waals surface area contributed by atoms with Crippen LogP contribution in [-0.2, 0) is 0 Å². The summed E-state index contributed by atoms with van der Waals surface area (Å²) in [5, 5.41) is 13.3. The van der Waals surface area contributed by atoms with Gasteiger partial charge in [0.15, 0.2) is 0 Å². The largest absolute Gasteiger partial charge is 0.268 e. The molecule has 80 valence electrons. The van der Waals surface area contributed by atoms with Crippen molar-refractivity contribution in [2.24, 2.45) is 5.92 Å². The van der Waals surface area contributed by atoms with Crippen molar-refractivity contribution in [2.75, 3.05) is 0 Å². The topological polar surface area (TPSA) is 41.6 Å². The molecule has 0 amide bonds. The number of hydrogen-bond acceptors (Lipinski definition) is 2. The fourth-order valence-electron chi connectivity index (χ4n) is 2.14. The number of nitriles is 1. The minimum absolute atomic E-state index is 0.302. The molecule has 1 aromatic rings. The first-order valence-electron chi connectivity index (χ1n) is 5.61. The van der Waals surface area contributed by atoms with E-state index in [0.29, 0.717) is 18.4 Å². The summed E-state index contributed by atoms with van der Waals surface area (Å²) in [5.41, 5.74) is 2.30. The van der Waals surface area contributed by atoms with Gasteiger partial charge in [-0.05, 0) is 38.2 Å². The molecule has 1 aliphatic carbocycles. The molecular weight excluding hydrogens is 186 g/mol. The fourth-order valence-corrected chi connectivity index (χ4v) is 2.14. The average molecular weight is 203 g/mol. The van der Waals surface area contributed by atoms with Crippen LogP contribution in [0.15, 0.2) is 6.20 Å². The molecular formula is C12H17N3. The Morgan fingerprint density at radius 1 is 1.60 bits per heavy atom. The Balaban J connectivity index is 2.20. The van der Waals surface area contributed by atoms with Gasteiger partial charge in [0.1, 0.15) is 0 Å². The summed E-state index contributed by atoms with van der Waals surface area (Å²) in [6.07, 6.45) is 6.49. The second-order valence-corrected chi connectivity index (χ2v) is 4.50. The summed E-state index contributed by atoms with van der Waals surface area (Å²) in [5.74, 6) is 0.670. The van der Waals surface area contributed by atoms with Gasteiger partial charge < -0.3 is 0 Å². The molecule has 3 heteroatoms. The van der Waals surface area contributed by atoms with E-state index in [2.05, 4.69) is 24.3 Å². The maximum Gasteiger partial charge on any atom is 0.0677 e. The second kappa shape index (κ2) is 4.06. The Morgan fingerprint density at radius 3 is 2.73 bits per heavy atom. The lowest BCUT2D eigenvalue weighted by atomic mass is 9.79. The van der Waals surface area contributed by atoms with E-state index in [0.717, 1.165) is 5.69 Å². The number of nitrogens with zero attached hydrogens (tertiary/aromatic N) is 3. The van der Waals surface area contributed by atoms with Crippen LogP contribution in [-0.4, -0.2) is 9.78 Å². The Hall–Kier alpha value is -1.30. The van der Waals surface area contributed by atoms with E-state index >= 15 is 0 Å². The summed E-state index contributed by atoms with van der Waals surface area (Å²) >= 11 is 0. The lowest BCUT2D eigenvalue weighted by Crippen LogP contribution is -2.25. The number of hydrogen-bond donors (Lipinski definition) is 0. The normalized spacial score (nSPS) is 18.2. The molecule has 0 N–H and O–H groups in total. The number of aromatic nitrogens is 2. The first-order chi connectivity index (χ1) is 7.22. The van der Waals surface area contributed by atoms with Crippen LogP contribution < -0.4 is 0 Å². The van der Waals surface area contributed by atoms with Crippen LogP contribution in [0.2, 0.25) is 0 Å². The van der Waals surface area contributed by atoms with Crippen molar-refractivity contribution >= 4 is 0 Å². The van der Waals surface area contributed by atoms with Gasteiger partial charge in [-0.25, -0.2) is 0 Å². The lowest BCUT2D eigenvalue weighted by molar-refractivity contribution is 0.198. The van der Waals surface area contributed by atoms with Crippen molar-refractivity contribution in [3.8, 4) is 6.07 Å². The van der Waals surface area contributed by atoms with E-state index in [4.69, 9.17) is 5.26 Å². The highest BCUT2D eigenvalue weighted by Gasteiger charge is 2.29. The van der Waals surface area contributed by atoms with Gasteiger partial charge in [-0.2, -0.15) is 10.4 Å². The highest BCUT2D eigenvalue weighted by molar-refractivity contribution is 5.13. The van der Waals surface area contributed by atoms with Gasteiger partial charge in [0.05, 0.1) is 24.2 Å². The molecule has 1 fully saturated rings. The molecule has 1 saturated carbocycles. The first kappa shape index (κ1) is 10.2. The Morgan fingerprint density at radius 2 is 2.33 bits per heavy atom. The van der Waals surface area contributed by atoms with Crippen molar-refractivity contribution in [3.05, 3.63) is 17.5 Å². The molecule has 1 aliphatic rings. The molecule has 3 nitrogen and oxygen atoms in total. The molecule has 0 saturated heterocycles. The van der Waals surface area contributed by atoms with Crippen LogP contribution in [0.5, 0.6) is 0 Å². The highest BCUT2D eigenvalue weighted by atomic mass is 15.3. The molecule has 2 rings (SSSR count). The third kappa shape index (κ3) is 1.90. The minimum Gasteiger partial charge on any atom is -0.268 e. The van der Waals surface area contributed by atoms with Gasteiger partial charge in [-0.1, -0.05) is 6.42 Å². The van der Waals surface area contributed by atoms with Gasteiger partial charge in [-0.15, -0.1) is 0 Å². The van der Waals surface area contributed by atoms with E-state index in [1.54, 1.807) is 0 Å². The van der Waals surface area contributed by atoms with Crippen LogP contribution in [0, 0.1) is 31.1 Å². The van der Waals surface area contributed by atoms with Crippen LogP contribution in [0.1, 0.15) is 43.0 Å². The zero-order chi connectivity index (χ0) is 10.8. The molecule has 0 aliphatic heterocycles. The van der Waals surface area contributed by atoms with Crippen molar-refractivity contribution < 1.29 is 0 Å². The predicted molar refractivity (Wildman–Crippen MR) is 58.3 cm³/mol. The molecule has 1 atom stereocenters. The Bertz CT molecular complexity index is 363. The minimum atomic E-state index is 0.302. The fraction of sp³-hybridized carbons (Fsp3) is 0.667. The summed E-state index contributed by atoms with van der Waals surface area (Å²) < 4.78 is 2.01. The Labute approximate surface area is 90.7 Å². The van der Waals surface area contributed by atoms with Crippen LogP contribution in [0.4, 0.5) is 0 Å². The zero-order valence-electron chi connectivity index (χ0n) is 9.40. The summed E-state index contributed by atoms with van der Waals surface area (Å²) in [6, 6.07) is 2.59. The average Bonchev–Trinajstić information content (AvgIpc) is 2.43. The molecule has 0 radical (unpaired) electrons. The first-order valence-corrected chi connectivity index (χ1v) is 5.61. The molecule has 1 aromatic heterocycles. The van der Waals surface area contributed by atoms with E-state index in [1.165, 1.54) is 24.8 Å². The molecule has 15 heavy (non-hydrogen) atoms. The molecule has 1 unspecified atom stereocenters. The van der Waals surface area contributed by atoms with Gasteiger partial charge >= 0.3 is 0 Å². The van der Waals surface area contributed by atoms with Gasteiger partial charge in [-0.3, -0.25) is 4.68 Å². The van der Waals surface area contributed by atoms with Gasteiger partial charge in [0.2, 0.25) is 0 Å². The van der Waals surface area contributed by atoms with Crippen LogP contribution in [0.25, 0.3) is 0 Å². The standard InChI is InChI=1S/C12H17N3/c1-9-8-15(14-10(9)2)12(6-7-13)11-4-3-5-11/h8,11-12H,3-6H2,1-2H3. The molecule has 0 spiro atoms. The van der Waals surface area contributed by atoms with E-state index in [9.17, 15) is 0 Å². The number of rotatable bonds is 3. The Kier molecular flexibility index (Phi) is 2.77. The monoisotopic (exact) mass is 203 g/mol. The SMILES string of the molecule is Cc1cn(C(CC#N)C2CCC2)nc1C. The predicted octanol–water partition coefficient (Wildman–Crippen LogP) is 2.75. The third-order valence-corrected chi connectivity index (χ3v) is 3.50. The second-order valence-electron chi connectivity index (χ2n) is 4.50. The van der Waals surface area contributed by atoms with E-state index in [1.807, 2.05) is 11.6 Å². The third-order valence-electron chi connectivity index (χ3n) is 3.50. The lowest BCUT2D eigenvalue weighted by Gasteiger charge is -2.32. The maximum absolute atomic E-state index is 8.85. The van der Waals surface area contributed by atoms with Crippen molar-refractivity contribution in [1.82, 2.24) is 9.78 Å². The summed E-state index contributed by atoms with van der Waals surface area (Å²) in [7, 11) is 0. The smallest absolute Gasteiger partial charge is 0.0677 e. The van der Waals surface area contributed by atoms with Gasteiger partial charge in [0.25, 0.3) is 0 Å². The van der Waals surface area contributed by atoms with Crippen LogP contribution in [0.3, 0.4) is 0 Å². The number of aryl methyl sites for hydroxylation is 2. The van der Waals surface area contributed by atoms with Crippen molar-refractivity contribution in [2.45, 2.75) is 45.6 Å². The van der Waals surface area contributed by atoms with Gasteiger partial charge in [0, 0.05) is 6.20 Å². The maximum atomic E-state index is 8.85. The highest BCUT2D eigenvalue weighted by Crippen LogP contribution is 2.37. The quantitative estimate of drug-likeness (QED) is 0.758. The van der Waals surface area contributed by atoms with Crippen molar-refractivity contribution in [3.63, 3.8) is 0 Å². The summed E-state index contributed by atoms with van der Waals surface area (Å²) in [6.45, 7) is 4.10. The van der Waals surface area contributed by atoms with Crippen molar-refractivity contribution in [1.29, 1.82) is 5.26 Å². The van der Waals surface area contributed by atoms with E-state index in [-0.39, 0.29) is 0 Å².